The van der Waals surface area contributed by atoms with E-state index in [1.165, 1.54) is 24.1 Å². The fourth-order valence-corrected chi connectivity index (χ4v) is 5.54. The lowest BCUT2D eigenvalue weighted by Gasteiger charge is -2.31. The van der Waals surface area contributed by atoms with E-state index in [0.717, 1.165) is 14.3 Å². The van der Waals surface area contributed by atoms with Crippen LogP contribution in [0.5, 0.6) is 0 Å². The molecule has 0 unspecified atom stereocenters. The molecule has 1 N–H and O–H groups in total. The SMILES string of the molecule is CNC(=O)[C@@H](C)N(Cc1ccc(Br)cc1)C(=O)CN(c1cccc(Br)c1)S(=O)(=O)c1ccccc1. The molecule has 1 atom stereocenters. The average molecular weight is 623 g/mol. The second-order valence-corrected chi connectivity index (χ2v) is 11.4. The summed E-state index contributed by atoms with van der Waals surface area (Å²) >= 11 is 6.77. The Bertz CT molecular complexity index is 1290. The smallest absolute Gasteiger partial charge is 0.264 e. The number of carbonyl (C=O) groups is 2. The Balaban J connectivity index is 2.01. The number of benzene rings is 3. The molecule has 0 aliphatic rings. The first-order chi connectivity index (χ1) is 16.6. The second-order valence-electron chi connectivity index (χ2n) is 7.74. The maximum Gasteiger partial charge on any atom is 0.264 e. The number of amides is 2. The van der Waals surface area contributed by atoms with Crippen molar-refractivity contribution in [2.45, 2.75) is 24.4 Å². The van der Waals surface area contributed by atoms with E-state index < -0.39 is 28.5 Å². The lowest BCUT2D eigenvalue weighted by molar-refractivity contribution is -0.139. The van der Waals surface area contributed by atoms with Gasteiger partial charge in [0.1, 0.15) is 12.6 Å². The molecule has 0 aliphatic heterocycles. The van der Waals surface area contributed by atoms with Gasteiger partial charge in [0.05, 0.1) is 10.6 Å². The van der Waals surface area contributed by atoms with Gasteiger partial charge in [-0.1, -0.05) is 68.3 Å². The fourth-order valence-electron chi connectivity index (χ4n) is 3.46. The highest BCUT2D eigenvalue weighted by Gasteiger charge is 2.32. The van der Waals surface area contributed by atoms with Gasteiger partial charge in [0.2, 0.25) is 11.8 Å². The second kappa shape index (κ2) is 11.8. The minimum atomic E-state index is -4.07. The maximum atomic E-state index is 13.6. The van der Waals surface area contributed by atoms with Gasteiger partial charge in [-0.2, -0.15) is 0 Å². The number of likely N-dealkylation sites (N-methyl/N-ethyl adjacent to an activating group) is 1. The average Bonchev–Trinajstić information content (AvgIpc) is 2.86. The van der Waals surface area contributed by atoms with Gasteiger partial charge >= 0.3 is 0 Å². The molecule has 0 radical (unpaired) electrons. The normalized spacial score (nSPS) is 12.0. The Morgan fingerprint density at radius 3 is 2.17 bits per heavy atom. The van der Waals surface area contributed by atoms with Crippen LogP contribution in [0.1, 0.15) is 12.5 Å². The van der Waals surface area contributed by atoms with Crippen molar-refractivity contribution in [3.8, 4) is 0 Å². The Hall–Kier alpha value is -2.69. The van der Waals surface area contributed by atoms with Crippen LogP contribution < -0.4 is 9.62 Å². The highest BCUT2D eigenvalue weighted by molar-refractivity contribution is 9.10. The van der Waals surface area contributed by atoms with E-state index in [1.807, 2.05) is 24.3 Å². The number of halogens is 2. The molecule has 35 heavy (non-hydrogen) atoms. The topological polar surface area (TPSA) is 86.8 Å². The Morgan fingerprint density at radius 2 is 1.57 bits per heavy atom. The number of sulfonamides is 1. The molecule has 0 heterocycles. The van der Waals surface area contributed by atoms with Crippen molar-refractivity contribution in [1.82, 2.24) is 10.2 Å². The largest absolute Gasteiger partial charge is 0.357 e. The molecule has 3 rings (SSSR count). The first-order valence-electron chi connectivity index (χ1n) is 10.7. The van der Waals surface area contributed by atoms with Crippen molar-refractivity contribution in [3.05, 3.63) is 93.4 Å². The van der Waals surface area contributed by atoms with E-state index in [2.05, 4.69) is 37.2 Å². The number of nitrogens with zero attached hydrogens (tertiary/aromatic N) is 2. The molecule has 0 bridgehead atoms. The summed E-state index contributed by atoms with van der Waals surface area (Å²) in [6.07, 6.45) is 0. The summed E-state index contributed by atoms with van der Waals surface area (Å²) in [6.45, 7) is 1.27. The molecule has 184 valence electrons. The molecule has 10 heteroatoms. The van der Waals surface area contributed by atoms with Gasteiger partial charge in [-0.15, -0.1) is 0 Å². The first kappa shape index (κ1) is 26.9. The van der Waals surface area contributed by atoms with Gasteiger partial charge in [-0.05, 0) is 55.0 Å². The predicted octanol–water partition coefficient (Wildman–Crippen LogP) is 4.57. The highest BCUT2D eigenvalue weighted by atomic mass is 79.9. The van der Waals surface area contributed by atoms with Gasteiger partial charge in [-0.25, -0.2) is 8.42 Å². The van der Waals surface area contributed by atoms with Crippen molar-refractivity contribution in [2.75, 3.05) is 17.9 Å². The molecule has 0 fully saturated rings. The summed E-state index contributed by atoms with van der Waals surface area (Å²) in [5.41, 5.74) is 1.13. The Labute approximate surface area is 222 Å². The molecule has 0 spiro atoms. The third-order valence-corrected chi connectivity index (χ3v) is 8.20. The van der Waals surface area contributed by atoms with Crippen LogP contribution in [-0.2, 0) is 26.2 Å². The predicted molar refractivity (Wildman–Crippen MR) is 143 cm³/mol. The van der Waals surface area contributed by atoms with E-state index in [1.54, 1.807) is 49.4 Å². The van der Waals surface area contributed by atoms with E-state index in [4.69, 9.17) is 0 Å². The zero-order chi connectivity index (χ0) is 25.6. The van der Waals surface area contributed by atoms with Crippen LogP contribution in [0.2, 0.25) is 0 Å². The summed E-state index contributed by atoms with van der Waals surface area (Å²) < 4.78 is 29.8. The van der Waals surface area contributed by atoms with E-state index in [-0.39, 0.29) is 17.3 Å². The number of rotatable bonds is 9. The van der Waals surface area contributed by atoms with Crippen molar-refractivity contribution < 1.29 is 18.0 Å². The van der Waals surface area contributed by atoms with Gasteiger partial charge in [-0.3, -0.25) is 13.9 Å². The van der Waals surface area contributed by atoms with Crippen LogP contribution in [0.4, 0.5) is 5.69 Å². The molecular weight excluding hydrogens is 598 g/mol. The van der Waals surface area contributed by atoms with E-state index >= 15 is 0 Å². The fraction of sp³-hybridized carbons (Fsp3) is 0.200. The van der Waals surface area contributed by atoms with E-state index in [0.29, 0.717) is 10.2 Å². The van der Waals surface area contributed by atoms with Crippen molar-refractivity contribution in [2.24, 2.45) is 0 Å². The molecule has 0 saturated heterocycles. The monoisotopic (exact) mass is 621 g/mol. The van der Waals surface area contributed by atoms with Gasteiger partial charge < -0.3 is 10.2 Å². The molecule has 3 aromatic carbocycles. The lowest BCUT2D eigenvalue weighted by atomic mass is 10.1. The number of hydrogen-bond donors (Lipinski definition) is 1. The first-order valence-corrected chi connectivity index (χ1v) is 13.7. The van der Waals surface area contributed by atoms with Crippen molar-refractivity contribution >= 4 is 59.4 Å². The van der Waals surface area contributed by atoms with Crippen LogP contribution in [0, 0.1) is 0 Å². The van der Waals surface area contributed by atoms with Crippen LogP contribution in [0.25, 0.3) is 0 Å². The third-order valence-electron chi connectivity index (χ3n) is 5.39. The Morgan fingerprint density at radius 1 is 0.914 bits per heavy atom. The zero-order valence-corrected chi connectivity index (χ0v) is 23.2. The molecule has 2 amide bonds. The summed E-state index contributed by atoms with van der Waals surface area (Å²) in [5, 5.41) is 2.57. The molecule has 0 aromatic heterocycles. The van der Waals surface area contributed by atoms with Crippen LogP contribution in [0.15, 0.2) is 92.7 Å². The van der Waals surface area contributed by atoms with Crippen LogP contribution in [0.3, 0.4) is 0 Å². The number of anilines is 1. The molecule has 0 aliphatic carbocycles. The minimum absolute atomic E-state index is 0.0617. The number of nitrogens with one attached hydrogen (secondary N) is 1. The van der Waals surface area contributed by atoms with Gasteiger partial charge in [0.15, 0.2) is 0 Å². The van der Waals surface area contributed by atoms with Crippen LogP contribution in [-0.4, -0.2) is 44.8 Å². The van der Waals surface area contributed by atoms with E-state index in [9.17, 15) is 18.0 Å². The molecule has 3 aromatic rings. The van der Waals surface area contributed by atoms with Gasteiger partial charge in [0.25, 0.3) is 10.0 Å². The summed E-state index contributed by atoms with van der Waals surface area (Å²) in [4.78, 5) is 27.6. The quantitative estimate of drug-likeness (QED) is 0.379. The summed E-state index contributed by atoms with van der Waals surface area (Å²) in [5.74, 6) is -0.862. The summed E-state index contributed by atoms with van der Waals surface area (Å²) in [7, 11) is -2.58. The molecular formula is C25H25Br2N3O4S. The Kier molecular flexibility index (Phi) is 9.09. The van der Waals surface area contributed by atoms with Gasteiger partial charge in [0, 0.05) is 22.5 Å². The lowest BCUT2D eigenvalue weighted by Crippen LogP contribution is -2.50. The van der Waals surface area contributed by atoms with Crippen LogP contribution >= 0.6 is 31.9 Å². The third kappa shape index (κ3) is 6.71. The minimum Gasteiger partial charge on any atom is -0.357 e. The highest BCUT2D eigenvalue weighted by Crippen LogP contribution is 2.27. The van der Waals surface area contributed by atoms with Crippen molar-refractivity contribution in [3.63, 3.8) is 0 Å². The summed E-state index contributed by atoms with van der Waals surface area (Å²) in [6, 6.07) is 21.2. The molecule has 7 nitrogen and oxygen atoms in total. The molecule has 0 saturated carbocycles. The number of hydrogen-bond acceptors (Lipinski definition) is 4. The van der Waals surface area contributed by atoms with Crippen molar-refractivity contribution in [1.29, 1.82) is 0 Å². The number of carbonyl (C=O) groups excluding carboxylic acids is 2. The zero-order valence-electron chi connectivity index (χ0n) is 19.2. The maximum absolute atomic E-state index is 13.6. The standard InChI is InChI=1S/C25H25Br2N3O4S/c1-18(25(32)28-2)29(16-19-11-13-20(26)14-12-19)24(31)17-30(22-8-6-7-21(27)15-22)35(33,34)23-9-4-3-5-10-23/h3-15,18H,16-17H2,1-2H3,(H,28,32)/t18-/m1/s1.